The third-order valence-electron chi connectivity index (χ3n) is 3.62. The van der Waals surface area contributed by atoms with Crippen LogP contribution in [-0.2, 0) is 9.53 Å². The summed E-state index contributed by atoms with van der Waals surface area (Å²) in [5.41, 5.74) is 2.01. The molecule has 1 aromatic carbocycles. The average molecular weight is 276 g/mol. The molecule has 0 aromatic heterocycles. The molecule has 0 unspecified atom stereocenters. The largest absolute Gasteiger partial charge is 0.377 e. The third-order valence-corrected chi connectivity index (χ3v) is 3.62. The highest BCUT2D eigenvalue weighted by Gasteiger charge is 2.30. The van der Waals surface area contributed by atoms with E-state index in [1.54, 1.807) is 0 Å². The van der Waals surface area contributed by atoms with Crippen molar-refractivity contribution >= 4 is 17.3 Å². The van der Waals surface area contributed by atoms with E-state index >= 15 is 0 Å². The zero-order chi connectivity index (χ0) is 14.8. The molecule has 1 aromatic rings. The minimum atomic E-state index is -0.00662. The molecular formula is C16H24N2O2. The molecule has 1 aliphatic heterocycles. The second-order valence-corrected chi connectivity index (χ2v) is 6.21. The van der Waals surface area contributed by atoms with Crippen LogP contribution in [0.25, 0.3) is 0 Å². The van der Waals surface area contributed by atoms with Gasteiger partial charge in [-0.1, -0.05) is 13.8 Å². The fourth-order valence-corrected chi connectivity index (χ4v) is 2.35. The predicted molar refractivity (Wildman–Crippen MR) is 82.2 cm³/mol. The van der Waals surface area contributed by atoms with Gasteiger partial charge in [0.25, 0.3) is 0 Å². The number of rotatable bonds is 3. The maximum Gasteiger partial charge on any atom is 0.226 e. The van der Waals surface area contributed by atoms with Gasteiger partial charge in [0.2, 0.25) is 5.91 Å². The number of amides is 1. The van der Waals surface area contributed by atoms with Crippen molar-refractivity contribution in [2.75, 3.05) is 30.0 Å². The standard InChI is InChI=1S/C16H24N2O2/c1-12(2)15(19)17-13-5-7-14(8-6-13)18-9-10-20-11-16(18,3)4/h5-8,12H,9-11H2,1-4H3,(H,17,19). The fraction of sp³-hybridized carbons (Fsp3) is 0.562. The first kappa shape index (κ1) is 14.9. The molecular weight excluding hydrogens is 252 g/mol. The van der Waals surface area contributed by atoms with Gasteiger partial charge in [0.05, 0.1) is 18.8 Å². The Morgan fingerprint density at radius 1 is 1.30 bits per heavy atom. The van der Waals surface area contributed by atoms with Crippen molar-refractivity contribution in [3.05, 3.63) is 24.3 Å². The molecule has 1 saturated heterocycles. The van der Waals surface area contributed by atoms with Gasteiger partial charge < -0.3 is 15.0 Å². The van der Waals surface area contributed by atoms with E-state index in [0.29, 0.717) is 0 Å². The van der Waals surface area contributed by atoms with E-state index in [9.17, 15) is 4.79 Å². The number of carbonyl (C=O) groups excluding carboxylic acids is 1. The topological polar surface area (TPSA) is 41.6 Å². The fourth-order valence-electron chi connectivity index (χ4n) is 2.35. The maximum absolute atomic E-state index is 11.7. The van der Waals surface area contributed by atoms with Crippen molar-refractivity contribution in [2.45, 2.75) is 33.2 Å². The maximum atomic E-state index is 11.7. The van der Waals surface area contributed by atoms with Gasteiger partial charge in [-0.2, -0.15) is 0 Å². The molecule has 0 aliphatic carbocycles. The molecule has 0 atom stereocenters. The van der Waals surface area contributed by atoms with Crippen molar-refractivity contribution in [1.29, 1.82) is 0 Å². The highest BCUT2D eigenvalue weighted by Crippen LogP contribution is 2.27. The molecule has 20 heavy (non-hydrogen) atoms. The molecule has 0 bridgehead atoms. The van der Waals surface area contributed by atoms with E-state index in [2.05, 4.69) is 36.2 Å². The van der Waals surface area contributed by atoms with Crippen LogP contribution in [0.2, 0.25) is 0 Å². The van der Waals surface area contributed by atoms with Crippen LogP contribution in [0.3, 0.4) is 0 Å². The summed E-state index contributed by atoms with van der Waals surface area (Å²) in [6, 6.07) is 8.04. The van der Waals surface area contributed by atoms with Gasteiger partial charge in [-0.25, -0.2) is 0 Å². The predicted octanol–water partition coefficient (Wildman–Crippen LogP) is 2.90. The Hall–Kier alpha value is -1.55. The molecule has 1 N–H and O–H groups in total. The van der Waals surface area contributed by atoms with Crippen LogP contribution in [0.1, 0.15) is 27.7 Å². The summed E-state index contributed by atoms with van der Waals surface area (Å²) in [5.74, 6) is 0.0392. The summed E-state index contributed by atoms with van der Waals surface area (Å²) in [7, 11) is 0. The van der Waals surface area contributed by atoms with E-state index < -0.39 is 0 Å². The van der Waals surface area contributed by atoms with E-state index in [1.165, 1.54) is 5.69 Å². The number of nitrogens with zero attached hydrogens (tertiary/aromatic N) is 1. The number of hydrogen-bond donors (Lipinski definition) is 1. The molecule has 1 aliphatic rings. The van der Waals surface area contributed by atoms with Crippen molar-refractivity contribution in [3.63, 3.8) is 0 Å². The molecule has 110 valence electrons. The van der Waals surface area contributed by atoms with Gasteiger partial charge in [0.1, 0.15) is 0 Å². The lowest BCUT2D eigenvalue weighted by Crippen LogP contribution is -2.53. The van der Waals surface area contributed by atoms with Crippen LogP contribution in [0.4, 0.5) is 11.4 Å². The number of hydrogen-bond acceptors (Lipinski definition) is 3. The summed E-state index contributed by atoms with van der Waals surface area (Å²) in [4.78, 5) is 14.0. The molecule has 1 fully saturated rings. The first-order valence-corrected chi connectivity index (χ1v) is 7.16. The lowest BCUT2D eigenvalue weighted by molar-refractivity contribution is -0.118. The zero-order valence-electron chi connectivity index (χ0n) is 12.8. The van der Waals surface area contributed by atoms with Crippen LogP contribution in [0, 0.1) is 5.92 Å². The van der Waals surface area contributed by atoms with E-state index in [4.69, 9.17) is 4.74 Å². The van der Waals surface area contributed by atoms with E-state index in [0.717, 1.165) is 25.4 Å². The van der Waals surface area contributed by atoms with Crippen LogP contribution in [0.5, 0.6) is 0 Å². The molecule has 1 heterocycles. The molecule has 4 nitrogen and oxygen atoms in total. The van der Waals surface area contributed by atoms with Gasteiger partial charge in [-0.15, -0.1) is 0 Å². The van der Waals surface area contributed by atoms with Gasteiger partial charge in [0, 0.05) is 23.8 Å². The Bertz CT molecular complexity index is 466. The van der Waals surface area contributed by atoms with Crippen molar-refractivity contribution in [3.8, 4) is 0 Å². The van der Waals surface area contributed by atoms with Gasteiger partial charge >= 0.3 is 0 Å². The minimum absolute atomic E-state index is 0.000940. The molecule has 2 rings (SSSR count). The average Bonchev–Trinajstić information content (AvgIpc) is 2.39. The molecule has 0 spiro atoms. The Morgan fingerprint density at radius 2 is 1.95 bits per heavy atom. The summed E-state index contributed by atoms with van der Waals surface area (Å²) < 4.78 is 5.54. The monoisotopic (exact) mass is 276 g/mol. The third kappa shape index (κ3) is 3.31. The minimum Gasteiger partial charge on any atom is -0.377 e. The Kier molecular flexibility index (Phi) is 4.33. The molecule has 1 amide bonds. The lowest BCUT2D eigenvalue weighted by Gasteiger charge is -2.43. The Labute approximate surface area is 121 Å². The van der Waals surface area contributed by atoms with Gasteiger partial charge in [-0.05, 0) is 38.1 Å². The first-order valence-electron chi connectivity index (χ1n) is 7.16. The van der Waals surface area contributed by atoms with E-state index in [1.807, 2.05) is 26.0 Å². The van der Waals surface area contributed by atoms with Crippen LogP contribution < -0.4 is 10.2 Å². The second-order valence-electron chi connectivity index (χ2n) is 6.21. The lowest BCUT2D eigenvalue weighted by atomic mass is 10.0. The summed E-state index contributed by atoms with van der Waals surface area (Å²) in [5, 5.41) is 2.91. The normalized spacial score (nSPS) is 18.1. The molecule has 4 heteroatoms. The summed E-state index contributed by atoms with van der Waals surface area (Å²) in [6.45, 7) is 10.5. The Morgan fingerprint density at radius 3 is 2.50 bits per heavy atom. The number of carbonyl (C=O) groups is 1. The van der Waals surface area contributed by atoms with Crippen LogP contribution in [-0.4, -0.2) is 31.2 Å². The highest BCUT2D eigenvalue weighted by atomic mass is 16.5. The number of nitrogens with one attached hydrogen (secondary N) is 1. The SMILES string of the molecule is CC(C)C(=O)Nc1ccc(N2CCOCC2(C)C)cc1. The van der Waals surface area contributed by atoms with Crippen molar-refractivity contribution < 1.29 is 9.53 Å². The smallest absolute Gasteiger partial charge is 0.226 e. The highest BCUT2D eigenvalue weighted by molar-refractivity contribution is 5.92. The number of anilines is 2. The number of morpholine rings is 1. The van der Waals surface area contributed by atoms with Crippen molar-refractivity contribution in [2.24, 2.45) is 5.92 Å². The quantitative estimate of drug-likeness (QED) is 0.923. The van der Waals surface area contributed by atoms with Gasteiger partial charge in [0.15, 0.2) is 0 Å². The molecule has 0 saturated carbocycles. The second kappa shape index (κ2) is 5.83. The zero-order valence-corrected chi connectivity index (χ0v) is 12.8. The van der Waals surface area contributed by atoms with E-state index in [-0.39, 0.29) is 17.4 Å². The summed E-state index contributed by atoms with van der Waals surface area (Å²) in [6.07, 6.45) is 0. The first-order chi connectivity index (χ1) is 9.40. The van der Waals surface area contributed by atoms with Crippen LogP contribution >= 0.6 is 0 Å². The summed E-state index contributed by atoms with van der Waals surface area (Å²) >= 11 is 0. The number of benzene rings is 1. The molecule has 0 radical (unpaired) electrons. The van der Waals surface area contributed by atoms with Gasteiger partial charge in [-0.3, -0.25) is 4.79 Å². The Balaban J connectivity index is 2.10. The van der Waals surface area contributed by atoms with Crippen LogP contribution in [0.15, 0.2) is 24.3 Å². The van der Waals surface area contributed by atoms with Crippen molar-refractivity contribution in [1.82, 2.24) is 0 Å². The number of ether oxygens (including phenoxy) is 1.